The van der Waals surface area contributed by atoms with Crippen molar-refractivity contribution in [2.24, 2.45) is 11.8 Å². The van der Waals surface area contributed by atoms with Crippen LogP contribution < -0.4 is 0 Å². The fourth-order valence-electron chi connectivity index (χ4n) is 1.80. The molecule has 3 heteroatoms. The van der Waals surface area contributed by atoms with Crippen LogP contribution in [0.1, 0.15) is 37.6 Å². The number of Topliss-reactive ketones (excluding diaryl/α,β-unsaturated/α-hetero) is 2. The Kier molecular flexibility index (Phi) is 4.55. The Labute approximate surface area is 101 Å². The minimum Gasteiger partial charge on any atom is -0.300 e. The van der Waals surface area contributed by atoms with Crippen LogP contribution in [0.4, 0.5) is 4.39 Å². The summed E-state index contributed by atoms with van der Waals surface area (Å²) >= 11 is 0. The lowest BCUT2D eigenvalue weighted by molar-refractivity contribution is -0.121. The van der Waals surface area contributed by atoms with Gasteiger partial charge in [0.1, 0.15) is 11.6 Å². The minimum absolute atomic E-state index is 0.0236. The molecule has 0 bridgehead atoms. The number of halogens is 1. The Bertz CT molecular complexity index is 407. The first-order valence-electron chi connectivity index (χ1n) is 5.71. The van der Waals surface area contributed by atoms with Gasteiger partial charge in [0.2, 0.25) is 0 Å². The molecule has 0 aliphatic carbocycles. The summed E-state index contributed by atoms with van der Waals surface area (Å²) in [6.07, 6.45) is 0.193. The van der Waals surface area contributed by atoms with Crippen LogP contribution in [0, 0.1) is 17.7 Å². The number of hydrogen-bond donors (Lipinski definition) is 0. The van der Waals surface area contributed by atoms with Crippen molar-refractivity contribution in [1.29, 1.82) is 0 Å². The summed E-state index contributed by atoms with van der Waals surface area (Å²) < 4.78 is 12.7. The third kappa shape index (κ3) is 3.77. The Morgan fingerprint density at radius 2 is 1.71 bits per heavy atom. The SMILES string of the molecule is CC(=O)C(CC(=O)c1ccc(F)cc1)C(C)C. The van der Waals surface area contributed by atoms with E-state index in [1.165, 1.54) is 31.2 Å². The predicted molar refractivity (Wildman–Crippen MR) is 64.4 cm³/mol. The van der Waals surface area contributed by atoms with E-state index in [-0.39, 0.29) is 35.6 Å². The molecule has 0 heterocycles. The second kappa shape index (κ2) is 5.71. The number of benzene rings is 1. The Morgan fingerprint density at radius 3 is 2.12 bits per heavy atom. The average molecular weight is 236 g/mol. The van der Waals surface area contributed by atoms with E-state index in [0.29, 0.717) is 5.56 Å². The van der Waals surface area contributed by atoms with E-state index in [1.54, 1.807) is 0 Å². The molecule has 2 nitrogen and oxygen atoms in total. The molecule has 1 aromatic rings. The Morgan fingerprint density at radius 1 is 1.18 bits per heavy atom. The van der Waals surface area contributed by atoms with Crippen molar-refractivity contribution >= 4 is 11.6 Å². The molecule has 0 N–H and O–H groups in total. The number of rotatable bonds is 5. The zero-order chi connectivity index (χ0) is 13.0. The summed E-state index contributed by atoms with van der Waals surface area (Å²) in [5.41, 5.74) is 0.457. The fraction of sp³-hybridized carbons (Fsp3) is 0.429. The molecule has 1 unspecified atom stereocenters. The third-order valence-corrected chi connectivity index (χ3v) is 2.90. The highest BCUT2D eigenvalue weighted by Crippen LogP contribution is 2.19. The van der Waals surface area contributed by atoms with Crippen molar-refractivity contribution in [3.05, 3.63) is 35.6 Å². The van der Waals surface area contributed by atoms with E-state index < -0.39 is 0 Å². The third-order valence-electron chi connectivity index (χ3n) is 2.90. The van der Waals surface area contributed by atoms with E-state index in [2.05, 4.69) is 0 Å². The van der Waals surface area contributed by atoms with Crippen molar-refractivity contribution in [3.8, 4) is 0 Å². The van der Waals surface area contributed by atoms with E-state index in [9.17, 15) is 14.0 Å². The van der Waals surface area contributed by atoms with Gasteiger partial charge in [0, 0.05) is 17.9 Å². The largest absolute Gasteiger partial charge is 0.300 e. The quantitative estimate of drug-likeness (QED) is 0.735. The van der Waals surface area contributed by atoms with Crippen molar-refractivity contribution < 1.29 is 14.0 Å². The van der Waals surface area contributed by atoms with Crippen LogP contribution in [0.15, 0.2) is 24.3 Å². The molecule has 1 aromatic carbocycles. The smallest absolute Gasteiger partial charge is 0.163 e. The molecule has 0 amide bonds. The first kappa shape index (κ1) is 13.6. The summed E-state index contributed by atoms with van der Waals surface area (Å²) in [6.45, 7) is 5.34. The highest BCUT2D eigenvalue weighted by molar-refractivity contribution is 5.98. The summed E-state index contributed by atoms with van der Waals surface area (Å²) in [4.78, 5) is 23.3. The van der Waals surface area contributed by atoms with Crippen molar-refractivity contribution in [2.75, 3.05) is 0 Å². The van der Waals surface area contributed by atoms with Crippen LogP contribution in [0.25, 0.3) is 0 Å². The second-order valence-corrected chi connectivity index (χ2v) is 4.60. The van der Waals surface area contributed by atoms with Gasteiger partial charge in [0.15, 0.2) is 5.78 Å². The fourth-order valence-corrected chi connectivity index (χ4v) is 1.80. The van der Waals surface area contributed by atoms with E-state index in [4.69, 9.17) is 0 Å². The lowest BCUT2D eigenvalue weighted by atomic mass is 9.86. The average Bonchev–Trinajstić information content (AvgIpc) is 2.25. The van der Waals surface area contributed by atoms with Gasteiger partial charge in [-0.25, -0.2) is 4.39 Å². The molecule has 17 heavy (non-hydrogen) atoms. The van der Waals surface area contributed by atoms with Crippen LogP contribution in [0.2, 0.25) is 0 Å². The maximum Gasteiger partial charge on any atom is 0.163 e. The van der Waals surface area contributed by atoms with Gasteiger partial charge < -0.3 is 0 Å². The van der Waals surface area contributed by atoms with Crippen LogP contribution in [-0.2, 0) is 4.79 Å². The highest BCUT2D eigenvalue weighted by Gasteiger charge is 2.22. The van der Waals surface area contributed by atoms with Crippen LogP contribution in [0.3, 0.4) is 0 Å². The van der Waals surface area contributed by atoms with Crippen molar-refractivity contribution in [3.63, 3.8) is 0 Å². The number of carbonyl (C=O) groups is 2. The number of carbonyl (C=O) groups excluding carboxylic acids is 2. The zero-order valence-corrected chi connectivity index (χ0v) is 10.4. The molecule has 0 fully saturated rings. The molecule has 1 atom stereocenters. The summed E-state index contributed by atoms with van der Waals surface area (Å²) in [5, 5.41) is 0. The molecule has 0 aromatic heterocycles. The molecular weight excluding hydrogens is 219 g/mol. The molecule has 0 saturated carbocycles. The van der Waals surface area contributed by atoms with Gasteiger partial charge in [-0.3, -0.25) is 9.59 Å². The van der Waals surface area contributed by atoms with Crippen LogP contribution in [-0.4, -0.2) is 11.6 Å². The van der Waals surface area contributed by atoms with Crippen molar-refractivity contribution in [1.82, 2.24) is 0 Å². The normalized spacial score (nSPS) is 12.5. The van der Waals surface area contributed by atoms with Crippen LogP contribution in [0.5, 0.6) is 0 Å². The Balaban J connectivity index is 2.77. The highest BCUT2D eigenvalue weighted by atomic mass is 19.1. The second-order valence-electron chi connectivity index (χ2n) is 4.60. The topological polar surface area (TPSA) is 34.1 Å². The van der Waals surface area contributed by atoms with Gasteiger partial charge in [-0.05, 0) is 37.1 Å². The standard InChI is InChI=1S/C14H17FO2/c1-9(2)13(10(3)16)8-14(17)11-4-6-12(15)7-5-11/h4-7,9,13H,8H2,1-3H3. The molecule has 0 spiro atoms. The molecule has 92 valence electrons. The summed E-state index contributed by atoms with van der Waals surface area (Å²) in [6, 6.07) is 5.42. The lowest BCUT2D eigenvalue weighted by Gasteiger charge is -2.16. The van der Waals surface area contributed by atoms with Gasteiger partial charge in [-0.1, -0.05) is 13.8 Å². The molecule has 0 aliphatic heterocycles. The first-order valence-corrected chi connectivity index (χ1v) is 5.71. The van der Waals surface area contributed by atoms with E-state index in [1.807, 2.05) is 13.8 Å². The Hall–Kier alpha value is -1.51. The van der Waals surface area contributed by atoms with Gasteiger partial charge in [-0.2, -0.15) is 0 Å². The van der Waals surface area contributed by atoms with Gasteiger partial charge >= 0.3 is 0 Å². The molecule has 1 rings (SSSR count). The molecule has 0 saturated heterocycles. The van der Waals surface area contributed by atoms with Crippen LogP contribution >= 0.6 is 0 Å². The zero-order valence-electron chi connectivity index (χ0n) is 10.4. The van der Waals surface area contributed by atoms with Gasteiger partial charge in [0.05, 0.1) is 0 Å². The monoisotopic (exact) mass is 236 g/mol. The predicted octanol–water partition coefficient (Wildman–Crippen LogP) is 3.26. The van der Waals surface area contributed by atoms with Crippen molar-refractivity contribution in [2.45, 2.75) is 27.2 Å². The van der Waals surface area contributed by atoms with Gasteiger partial charge in [-0.15, -0.1) is 0 Å². The lowest BCUT2D eigenvalue weighted by Crippen LogP contribution is -2.21. The molecule has 0 aliphatic rings. The minimum atomic E-state index is -0.367. The number of ketones is 2. The first-order chi connectivity index (χ1) is 7.91. The maximum absolute atomic E-state index is 12.7. The van der Waals surface area contributed by atoms with E-state index >= 15 is 0 Å². The maximum atomic E-state index is 12.7. The summed E-state index contributed by atoms with van der Waals surface area (Å²) in [5.74, 6) is -0.577. The molecule has 0 radical (unpaired) electrons. The van der Waals surface area contributed by atoms with Gasteiger partial charge in [0.25, 0.3) is 0 Å². The number of hydrogen-bond acceptors (Lipinski definition) is 2. The van der Waals surface area contributed by atoms with E-state index in [0.717, 1.165) is 0 Å². The molecular formula is C14H17FO2. The summed E-state index contributed by atoms with van der Waals surface area (Å²) in [7, 11) is 0.